The second-order valence-electron chi connectivity index (χ2n) is 8.82. The number of pyridine rings is 1. The van der Waals surface area contributed by atoms with Crippen molar-refractivity contribution in [3.05, 3.63) is 63.0 Å². The van der Waals surface area contributed by atoms with E-state index in [2.05, 4.69) is 5.32 Å². The van der Waals surface area contributed by atoms with Crippen LogP contribution < -0.4 is 10.9 Å². The van der Waals surface area contributed by atoms with Gasteiger partial charge in [0.05, 0.1) is 12.1 Å². The van der Waals surface area contributed by atoms with Crippen LogP contribution in [-0.4, -0.2) is 50.9 Å². The quantitative estimate of drug-likeness (QED) is 0.688. The van der Waals surface area contributed by atoms with E-state index in [4.69, 9.17) is 11.6 Å². The van der Waals surface area contributed by atoms with E-state index in [9.17, 15) is 19.8 Å². The van der Waals surface area contributed by atoms with Crippen LogP contribution >= 0.6 is 11.6 Å². The lowest BCUT2D eigenvalue weighted by Crippen LogP contribution is -2.69. The molecule has 30 heavy (non-hydrogen) atoms. The topological polar surface area (TPSA) is 94.8 Å². The van der Waals surface area contributed by atoms with Crippen molar-refractivity contribution >= 4 is 17.7 Å². The van der Waals surface area contributed by atoms with E-state index in [-0.39, 0.29) is 12.2 Å². The van der Waals surface area contributed by atoms with E-state index >= 15 is 0 Å². The van der Waals surface area contributed by atoms with Gasteiger partial charge in [-0.05, 0) is 29.2 Å². The minimum absolute atomic E-state index is 0.235. The molecule has 3 rings (SSSR count). The number of hydrogen-bond donors (Lipinski definition) is 3. The van der Waals surface area contributed by atoms with Gasteiger partial charge in [0.1, 0.15) is 0 Å². The molecule has 162 valence electrons. The number of aromatic nitrogens is 1. The van der Waals surface area contributed by atoms with Crippen LogP contribution in [0, 0.1) is 5.41 Å². The first-order valence-corrected chi connectivity index (χ1v) is 10.3. The number of nitrogens with one attached hydrogen (secondary N) is 1. The molecule has 0 aliphatic carbocycles. The molecule has 0 spiro atoms. The molecule has 0 bridgehead atoms. The van der Waals surface area contributed by atoms with Crippen LogP contribution in [0.3, 0.4) is 0 Å². The predicted molar refractivity (Wildman–Crippen MR) is 116 cm³/mol. The van der Waals surface area contributed by atoms with Gasteiger partial charge >= 0.3 is 6.09 Å². The molecule has 1 aromatic heterocycles. The van der Waals surface area contributed by atoms with Gasteiger partial charge in [-0.25, -0.2) is 4.79 Å². The van der Waals surface area contributed by atoms with E-state index in [0.717, 1.165) is 5.56 Å². The molecule has 1 aliphatic rings. The molecule has 0 radical (unpaired) electrons. The Kier molecular flexibility index (Phi) is 6.15. The first-order valence-electron chi connectivity index (χ1n) is 9.92. The number of aromatic hydroxyl groups is 1. The Morgan fingerprint density at radius 1 is 1.23 bits per heavy atom. The van der Waals surface area contributed by atoms with Crippen molar-refractivity contribution in [1.82, 2.24) is 14.8 Å². The third-order valence-corrected chi connectivity index (χ3v) is 6.30. The number of carboxylic acid groups (broad SMARTS) is 1. The van der Waals surface area contributed by atoms with Crippen molar-refractivity contribution in [1.29, 1.82) is 0 Å². The summed E-state index contributed by atoms with van der Waals surface area (Å²) in [6, 6.07) is 8.86. The van der Waals surface area contributed by atoms with Crippen molar-refractivity contribution in [3.8, 4) is 5.75 Å². The number of carbonyl (C=O) groups is 1. The summed E-state index contributed by atoms with van der Waals surface area (Å²) in [6.45, 7) is 7.60. The number of piperazine rings is 1. The Hall–Kier alpha value is -2.51. The van der Waals surface area contributed by atoms with E-state index < -0.39 is 22.6 Å². The van der Waals surface area contributed by atoms with Crippen LogP contribution in [0.15, 0.2) is 41.3 Å². The maximum absolute atomic E-state index is 12.8. The van der Waals surface area contributed by atoms with Gasteiger partial charge in [0.15, 0.2) is 5.75 Å². The highest BCUT2D eigenvalue weighted by molar-refractivity contribution is 6.30. The zero-order valence-corrected chi connectivity index (χ0v) is 18.2. The highest BCUT2D eigenvalue weighted by atomic mass is 35.5. The average Bonchev–Trinajstić information content (AvgIpc) is 2.68. The molecule has 1 amide bonds. The largest absolute Gasteiger partial charge is 0.503 e. The summed E-state index contributed by atoms with van der Waals surface area (Å²) in [7, 11) is 0. The summed E-state index contributed by atoms with van der Waals surface area (Å²) in [6.07, 6.45) is 0.879. The maximum Gasteiger partial charge on any atom is 0.407 e. The number of benzene rings is 1. The summed E-state index contributed by atoms with van der Waals surface area (Å²) in [5.41, 5.74) is -0.407. The van der Waals surface area contributed by atoms with Crippen molar-refractivity contribution < 1.29 is 15.0 Å². The average molecular weight is 434 g/mol. The lowest BCUT2D eigenvalue weighted by atomic mass is 9.68. The highest BCUT2D eigenvalue weighted by Crippen LogP contribution is 2.40. The van der Waals surface area contributed by atoms with Gasteiger partial charge < -0.3 is 20.1 Å². The van der Waals surface area contributed by atoms with Crippen LogP contribution in [0.4, 0.5) is 4.79 Å². The molecular weight excluding hydrogens is 406 g/mol. The van der Waals surface area contributed by atoms with E-state index in [1.165, 1.54) is 9.47 Å². The Labute approximate surface area is 180 Å². The molecule has 2 heterocycles. The van der Waals surface area contributed by atoms with Crippen LogP contribution in [0.5, 0.6) is 5.75 Å². The second kappa shape index (κ2) is 8.32. The summed E-state index contributed by atoms with van der Waals surface area (Å²) in [5, 5.41) is 24.4. The summed E-state index contributed by atoms with van der Waals surface area (Å²) in [5.74, 6) is -0.342. The lowest BCUT2D eigenvalue weighted by molar-refractivity contribution is -0.0144. The Balaban J connectivity index is 1.96. The molecule has 2 aromatic rings. The van der Waals surface area contributed by atoms with E-state index in [0.29, 0.717) is 36.8 Å². The van der Waals surface area contributed by atoms with Crippen molar-refractivity contribution in [2.45, 2.75) is 39.3 Å². The first-order chi connectivity index (χ1) is 14.0. The number of rotatable bonds is 4. The van der Waals surface area contributed by atoms with Crippen molar-refractivity contribution in [2.24, 2.45) is 5.41 Å². The first kappa shape index (κ1) is 22.2. The van der Waals surface area contributed by atoms with Crippen LogP contribution in [0.2, 0.25) is 5.02 Å². The molecule has 1 fully saturated rings. The fourth-order valence-electron chi connectivity index (χ4n) is 4.14. The zero-order chi connectivity index (χ0) is 22.1. The third-order valence-electron chi connectivity index (χ3n) is 6.05. The molecule has 3 N–H and O–H groups in total. The molecule has 1 unspecified atom stereocenters. The van der Waals surface area contributed by atoms with Gasteiger partial charge in [0.2, 0.25) is 0 Å². The Bertz CT molecular complexity index is 981. The van der Waals surface area contributed by atoms with Gasteiger partial charge in [0.25, 0.3) is 5.56 Å². The minimum atomic E-state index is -0.998. The van der Waals surface area contributed by atoms with Crippen LogP contribution in [0.25, 0.3) is 0 Å². The number of hydrogen-bond acceptors (Lipinski definition) is 4. The Morgan fingerprint density at radius 2 is 1.90 bits per heavy atom. The molecule has 1 saturated heterocycles. The standard InChI is InChI=1S/C22H28ClN3O4/c1-21(2,3)22(14-24-9-11-26(22)20(29)30)12-16-8-10-25(19(28)18(16)27)13-15-4-6-17(23)7-5-15/h4-8,10,24,27H,9,11-14H2,1-3H3,(H,29,30). The molecule has 7 nitrogen and oxygen atoms in total. The second-order valence-corrected chi connectivity index (χ2v) is 9.25. The minimum Gasteiger partial charge on any atom is -0.503 e. The third kappa shape index (κ3) is 4.18. The van der Waals surface area contributed by atoms with Gasteiger partial charge in [-0.3, -0.25) is 9.69 Å². The number of nitrogens with zero attached hydrogens (tertiary/aromatic N) is 2. The van der Waals surface area contributed by atoms with Gasteiger partial charge in [-0.1, -0.05) is 44.5 Å². The van der Waals surface area contributed by atoms with Gasteiger partial charge in [-0.2, -0.15) is 0 Å². The van der Waals surface area contributed by atoms with Crippen molar-refractivity contribution in [2.75, 3.05) is 19.6 Å². The molecule has 0 saturated carbocycles. The monoisotopic (exact) mass is 433 g/mol. The van der Waals surface area contributed by atoms with E-state index in [1.807, 2.05) is 32.9 Å². The summed E-state index contributed by atoms with van der Waals surface area (Å²) < 4.78 is 1.43. The maximum atomic E-state index is 12.8. The molecule has 8 heteroatoms. The van der Waals surface area contributed by atoms with Gasteiger partial charge in [0, 0.05) is 42.8 Å². The fourth-order valence-corrected chi connectivity index (χ4v) is 4.26. The SMILES string of the molecule is CC(C)(C)C1(Cc2ccn(Cc3ccc(Cl)cc3)c(=O)c2O)CNCCN1C(=O)O. The number of halogens is 1. The van der Waals surface area contributed by atoms with E-state index in [1.54, 1.807) is 24.4 Å². The lowest BCUT2D eigenvalue weighted by Gasteiger charge is -2.54. The molecular formula is C22H28ClN3O4. The smallest absolute Gasteiger partial charge is 0.407 e. The highest BCUT2D eigenvalue weighted by Gasteiger charge is 2.50. The summed E-state index contributed by atoms with van der Waals surface area (Å²) in [4.78, 5) is 26.3. The molecule has 1 atom stereocenters. The number of amides is 1. The molecule has 1 aliphatic heterocycles. The molecule has 1 aromatic carbocycles. The van der Waals surface area contributed by atoms with Crippen LogP contribution in [-0.2, 0) is 13.0 Å². The van der Waals surface area contributed by atoms with Gasteiger partial charge in [-0.15, -0.1) is 0 Å². The summed E-state index contributed by atoms with van der Waals surface area (Å²) >= 11 is 5.91. The zero-order valence-electron chi connectivity index (χ0n) is 17.5. The predicted octanol–water partition coefficient (Wildman–Crippen LogP) is 3.17. The fraction of sp³-hybridized carbons (Fsp3) is 0.455. The van der Waals surface area contributed by atoms with Crippen LogP contribution in [0.1, 0.15) is 31.9 Å². The Morgan fingerprint density at radius 3 is 2.50 bits per heavy atom. The normalized spacial score (nSPS) is 19.7. The van der Waals surface area contributed by atoms with Crippen molar-refractivity contribution in [3.63, 3.8) is 0 Å².